The fraction of sp³-hybridized carbons (Fsp3) is 0.320. The van der Waals surface area contributed by atoms with Crippen molar-refractivity contribution in [3.8, 4) is 11.5 Å². The molecule has 1 aliphatic heterocycles. The number of nitrogens with one attached hydrogen (secondary N) is 2. The smallest absolute Gasteiger partial charge is 0.262 e. The molecule has 1 amide bonds. The molecule has 7 nitrogen and oxygen atoms in total. The Morgan fingerprint density at radius 2 is 1.91 bits per heavy atom. The van der Waals surface area contributed by atoms with E-state index < -0.39 is 0 Å². The number of allylic oxidation sites excluding steroid dienone is 1. The molecule has 33 heavy (non-hydrogen) atoms. The number of ether oxygens (including phenoxy) is 2. The molecular formula is C25H25N3O4S. The minimum Gasteiger partial charge on any atom is -0.454 e. The third-order valence-corrected chi connectivity index (χ3v) is 6.47. The fourth-order valence-corrected chi connectivity index (χ4v) is 4.56. The molecule has 2 aromatic carbocycles. The number of aromatic amines is 1. The molecule has 0 fully saturated rings. The quantitative estimate of drug-likeness (QED) is 0.417. The first-order valence-electron chi connectivity index (χ1n) is 11.2. The number of aromatic nitrogens is 2. The average Bonchev–Trinajstić information content (AvgIpc) is 3.29. The van der Waals surface area contributed by atoms with Crippen LogP contribution in [0.1, 0.15) is 48.0 Å². The lowest BCUT2D eigenvalue weighted by Gasteiger charge is -2.13. The summed E-state index contributed by atoms with van der Waals surface area (Å²) in [5.74, 6) is 1.05. The zero-order chi connectivity index (χ0) is 22.8. The van der Waals surface area contributed by atoms with Crippen molar-refractivity contribution in [3.63, 3.8) is 0 Å². The number of hydrogen-bond donors (Lipinski definition) is 2. The number of benzene rings is 2. The van der Waals surface area contributed by atoms with E-state index in [0.29, 0.717) is 45.8 Å². The van der Waals surface area contributed by atoms with Gasteiger partial charge >= 0.3 is 0 Å². The summed E-state index contributed by atoms with van der Waals surface area (Å²) in [5, 5.41) is 3.48. The van der Waals surface area contributed by atoms with Crippen molar-refractivity contribution in [1.29, 1.82) is 0 Å². The summed E-state index contributed by atoms with van der Waals surface area (Å²) in [6.07, 6.45) is 8.02. The Kier molecular flexibility index (Phi) is 6.00. The molecule has 0 atom stereocenters. The summed E-state index contributed by atoms with van der Waals surface area (Å²) < 4.78 is 12.6. The Hall–Kier alpha value is -3.39. The first-order chi connectivity index (χ1) is 16.1. The van der Waals surface area contributed by atoms with Crippen molar-refractivity contribution < 1.29 is 14.3 Å². The van der Waals surface area contributed by atoms with Crippen molar-refractivity contribution in [2.24, 2.45) is 0 Å². The van der Waals surface area contributed by atoms with Gasteiger partial charge in [-0.05, 0) is 68.1 Å². The molecule has 0 bridgehead atoms. The maximum absolute atomic E-state index is 13.1. The number of H-pyrrole nitrogens is 1. The van der Waals surface area contributed by atoms with Gasteiger partial charge in [0, 0.05) is 18.2 Å². The molecule has 1 aromatic heterocycles. The second kappa shape index (κ2) is 9.23. The number of fused-ring (bicyclic) bond motifs is 2. The molecule has 0 spiro atoms. The molecule has 0 unspecified atom stereocenters. The van der Waals surface area contributed by atoms with Gasteiger partial charge in [-0.2, -0.15) is 0 Å². The van der Waals surface area contributed by atoms with Crippen LogP contribution in [0.3, 0.4) is 0 Å². The number of hydrogen-bond acceptors (Lipinski definition) is 5. The molecule has 2 aliphatic rings. The highest BCUT2D eigenvalue weighted by molar-refractivity contribution is 7.71. The van der Waals surface area contributed by atoms with Crippen molar-refractivity contribution in [2.75, 3.05) is 13.3 Å². The van der Waals surface area contributed by atoms with Gasteiger partial charge in [0.15, 0.2) is 16.3 Å². The Balaban J connectivity index is 1.28. The minimum absolute atomic E-state index is 0.0887. The monoisotopic (exact) mass is 463 g/mol. The first kappa shape index (κ1) is 21.5. The lowest BCUT2D eigenvalue weighted by molar-refractivity contribution is 0.0954. The summed E-state index contributed by atoms with van der Waals surface area (Å²) in [6, 6.07) is 10.7. The van der Waals surface area contributed by atoms with E-state index in [1.165, 1.54) is 23.0 Å². The van der Waals surface area contributed by atoms with Crippen LogP contribution in [0.2, 0.25) is 0 Å². The lowest BCUT2D eigenvalue weighted by Crippen LogP contribution is -2.25. The van der Waals surface area contributed by atoms with E-state index in [1.54, 1.807) is 24.3 Å². The number of carbonyl (C=O) groups excluding carboxylic acids is 1. The summed E-state index contributed by atoms with van der Waals surface area (Å²) in [5.41, 5.74) is 3.33. The standard InChI is InChI=1S/C25H25N3O4S/c29-23(26-11-10-16-4-2-1-3-5-16)18-8-6-17(7-9-18)14-28-24(30)19-12-21-22(32-15-31-21)13-20(19)27-25(28)33/h4,6-9,12-13H,1-3,5,10-11,14-15H2,(H,26,29)(H,27,33). The number of carbonyl (C=O) groups is 1. The van der Waals surface area contributed by atoms with E-state index in [2.05, 4.69) is 16.4 Å². The van der Waals surface area contributed by atoms with Crippen LogP contribution in [-0.4, -0.2) is 28.8 Å². The summed E-state index contributed by atoms with van der Waals surface area (Å²) in [6.45, 7) is 1.08. The Labute approximate surface area is 196 Å². The van der Waals surface area contributed by atoms with Gasteiger partial charge in [0.2, 0.25) is 6.79 Å². The van der Waals surface area contributed by atoms with Crippen LogP contribution in [0.15, 0.2) is 52.8 Å². The van der Waals surface area contributed by atoms with Gasteiger partial charge in [0.05, 0.1) is 17.4 Å². The van der Waals surface area contributed by atoms with Gasteiger partial charge in [0.25, 0.3) is 11.5 Å². The van der Waals surface area contributed by atoms with E-state index in [0.717, 1.165) is 24.8 Å². The van der Waals surface area contributed by atoms with Crippen LogP contribution in [-0.2, 0) is 6.54 Å². The zero-order valence-electron chi connectivity index (χ0n) is 18.2. The lowest BCUT2D eigenvalue weighted by atomic mass is 9.97. The zero-order valence-corrected chi connectivity index (χ0v) is 19.0. The summed E-state index contributed by atoms with van der Waals surface area (Å²) in [4.78, 5) is 28.7. The van der Waals surface area contributed by atoms with Crippen molar-refractivity contribution in [2.45, 2.75) is 38.6 Å². The van der Waals surface area contributed by atoms with Crippen LogP contribution in [0.25, 0.3) is 10.9 Å². The van der Waals surface area contributed by atoms with Crippen LogP contribution in [0.5, 0.6) is 11.5 Å². The summed E-state index contributed by atoms with van der Waals surface area (Å²) in [7, 11) is 0. The molecule has 170 valence electrons. The van der Waals surface area contributed by atoms with E-state index >= 15 is 0 Å². The SMILES string of the molecule is O=C(NCCC1=CCCCC1)c1ccc(Cn2c(=S)[nH]c3cc4c(cc3c2=O)OCO4)cc1. The van der Waals surface area contributed by atoms with Crippen molar-refractivity contribution in [1.82, 2.24) is 14.9 Å². The van der Waals surface area contributed by atoms with Crippen molar-refractivity contribution in [3.05, 3.63) is 74.3 Å². The van der Waals surface area contributed by atoms with Gasteiger partial charge in [0.1, 0.15) is 0 Å². The highest BCUT2D eigenvalue weighted by Crippen LogP contribution is 2.34. The Bertz CT molecular complexity index is 1360. The van der Waals surface area contributed by atoms with E-state index in [-0.39, 0.29) is 18.3 Å². The highest BCUT2D eigenvalue weighted by Gasteiger charge is 2.17. The molecule has 0 radical (unpaired) electrons. The largest absolute Gasteiger partial charge is 0.454 e. The third kappa shape index (κ3) is 4.57. The molecule has 8 heteroatoms. The molecule has 3 aromatic rings. The fourth-order valence-electron chi connectivity index (χ4n) is 4.30. The van der Waals surface area contributed by atoms with Gasteiger partial charge in [-0.3, -0.25) is 14.2 Å². The predicted molar refractivity (Wildman–Crippen MR) is 129 cm³/mol. The van der Waals surface area contributed by atoms with Crippen LogP contribution >= 0.6 is 12.2 Å². The maximum Gasteiger partial charge on any atom is 0.262 e. The summed E-state index contributed by atoms with van der Waals surface area (Å²) >= 11 is 5.43. The van der Waals surface area contributed by atoms with E-state index in [4.69, 9.17) is 21.7 Å². The van der Waals surface area contributed by atoms with E-state index in [9.17, 15) is 9.59 Å². The van der Waals surface area contributed by atoms with Crippen molar-refractivity contribution >= 4 is 29.0 Å². The average molecular weight is 464 g/mol. The molecule has 0 saturated carbocycles. The Morgan fingerprint density at radius 3 is 2.67 bits per heavy atom. The molecule has 2 N–H and O–H groups in total. The number of nitrogens with zero attached hydrogens (tertiary/aromatic N) is 1. The topological polar surface area (TPSA) is 85.4 Å². The molecule has 2 heterocycles. The van der Waals surface area contributed by atoms with Gasteiger partial charge in [-0.1, -0.05) is 23.8 Å². The highest BCUT2D eigenvalue weighted by atomic mass is 32.1. The molecule has 5 rings (SSSR count). The second-order valence-corrected chi connectivity index (χ2v) is 8.77. The minimum atomic E-state index is -0.203. The van der Waals surface area contributed by atoms with Crippen LogP contribution in [0.4, 0.5) is 0 Å². The number of amides is 1. The molecule has 0 saturated heterocycles. The number of rotatable bonds is 6. The van der Waals surface area contributed by atoms with Gasteiger partial charge < -0.3 is 19.8 Å². The molecular weight excluding hydrogens is 438 g/mol. The van der Waals surface area contributed by atoms with E-state index in [1.807, 2.05) is 12.1 Å². The maximum atomic E-state index is 13.1. The Morgan fingerprint density at radius 1 is 1.12 bits per heavy atom. The first-order valence-corrected chi connectivity index (χ1v) is 11.6. The van der Waals surface area contributed by atoms with Gasteiger partial charge in [-0.15, -0.1) is 0 Å². The second-order valence-electron chi connectivity index (χ2n) is 8.38. The van der Waals surface area contributed by atoms with Gasteiger partial charge in [-0.25, -0.2) is 0 Å². The normalized spacial score (nSPS) is 14.8. The predicted octanol–water partition coefficient (Wildman–Crippen LogP) is 4.46. The third-order valence-electron chi connectivity index (χ3n) is 6.15. The van der Waals surface area contributed by atoms with Crippen LogP contribution < -0.4 is 20.3 Å². The molecule has 1 aliphatic carbocycles. The van der Waals surface area contributed by atoms with Crippen LogP contribution in [0, 0.1) is 4.77 Å².